The van der Waals surface area contributed by atoms with Crippen molar-refractivity contribution in [2.75, 3.05) is 7.11 Å². The summed E-state index contributed by atoms with van der Waals surface area (Å²) in [6, 6.07) is -1.34. The highest BCUT2D eigenvalue weighted by molar-refractivity contribution is 8.04. The second kappa shape index (κ2) is 3.19. The zero-order valence-electron chi connectivity index (χ0n) is 5.53. The smallest absolute Gasteiger partial charge is 0.444 e. The van der Waals surface area contributed by atoms with Crippen molar-refractivity contribution in [2.24, 2.45) is 5.73 Å². The quantitative estimate of drug-likeness (QED) is 0.454. The van der Waals surface area contributed by atoms with Crippen LogP contribution in [0.15, 0.2) is 0 Å². The molecule has 0 aliphatic rings. The normalized spacial score (nSPS) is 10.3. The van der Waals surface area contributed by atoms with E-state index in [2.05, 4.69) is 10.5 Å². The third-order valence-corrected chi connectivity index (χ3v) is 1.70. The molecule has 0 aromatic rings. The largest absolute Gasteiger partial charge is 0.456 e. The van der Waals surface area contributed by atoms with Crippen molar-refractivity contribution in [1.29, 1.82) is 0 Å². The minimum atomic E-state index is -4.40. The first-order valence-corrected chi connectivity index (χ1v) is 3.78. The van der Waals surface area contributed by atoms with E-state index in [-0.39, 0.29) is 0 Å². The Balaban J connectivity index is 4.49. The lowest BCUT2D eigenvalue weighted by molar-refractivity contribution is 0.196. The zero-order valence-corrected chi connectivity index (χ0v) is 6.34. The molecule has 0 saturated heterocycles. The van der Waals surface area contributed by atoms with Gasteiger partial charge in [-0.2, -0.15) is 8.42 Å². The van der Waals surface area contributed by atoms with Gasteiger partial charge in [0.15, 0.2) is 0 Å². The molecule has 0 bridgehead atoms. The van der Waals surface area contributed by atoms with Gasteiger partial charge in [-0.05, 0) is 0 Å². The molecule has 7 nitrogen and oxygen atoms in total. The Morgan fingerprint density at radius 1 is 1.45 bits per heavy atom. The maximum atomic E-state index is 10.5. The van der Waals surface area contributed by atoms with Gasteiger partial charge >= 0.3 is 21.4 Å². The fourth-order valence-corrected chi connectivity index (χ4v) is 0.851. The molecule has 0 unspecified atom stereocenters. The Morgan fingerprint density at radius 2 is 1.91 bits per heavy atom. The van der Waals surface area contributed by atoms with Crippen LogP contribution in [0.2, 0.25) is 0 Å². The van der Waals surface area contributed by atoms with E-state index in [0.717, 1.165) is 7.11 Å². The molecule has 0 radical (unpaired) electrons. The summed E-state index contributed by atoms with van der Waals surface area (Å²) in [6.07, 6.45) is 0. The van der Waals surface area contributed by atoms with Crippen molar-refractivity contribution < 1.29 is 22.7 Å². The molecule has 8 heteroatoms. The summed E-state index contributed by atoms with van der Waals surface area (Å²) < 4.78 is 26.0. The van der Waals surface area contributed by atoms with Gasteiger partial charge in [0.1, 0.15) is 0 Å². The Morgan fingerprint density at radius 3 is 2.18 bits per heavy atom. The van der Waals surface area contributed by atoms with Gasteiger partial charge in [-0.3, -0.25) is 0 Å². The van der Waals surface area contributed by atoms with Gasteiger partial charge in [0.25, 0.3) is 0 Å². The number of carbonyl (C=O) groups excluding carboxylic acids is 2. The van der Waals surface area contributed by atoms with Crippen LogP contribution in [0, 0.1) is 0 Å². The van der Waals surface area contributed by atoms with Gasteiger partial charge in [0.2, 0.25) is 0 Å². The number of urea groups is 1. The summed E-state index contributed by atoms with van der Waals surface area (Å²) in [6.45, 7) is 0. The molecule has 3 N–H and O–H groups in total. The highest BCUT2D eigenvalue weighted by Gasteiger charge is 2.23. The lowest BCUT2D eigenvalue weighted by Crippen LogP contribution is -2.39. The molecule has 0 aromatic heterocycles. The van der Waals surface area contributed by atoms with E-state index < -0.39 is 21.4 Å². The number of rotatable bonds is 0. The number of nitrogens with two attached hydrogens (primary N) is 1. The maximum absolute atomic E-state index is 10.5. The summed E-state index contributed by atoms with van der Waals surface area (Å²) in [5.41, 5.74) is 4.43. The molecule has 0 aromatic carbocycles. The van der Waals surface area contributed by atoms with Crippen LogP contribution >= 0.6 is 0 Å². The highest BCUT2D eigenvalue weighted by Crippen LogP contribution is 1.88. The third kappa shape index (κ3) is 2.85. The van der Waals surface area contributed by atoms with Crippen molar-refractivity contribution in [2.45, 2.75) is 0 Å². The number of amides is 2. The Kier molecular flexibility index (Phi) is 2.81. The standard InChI is InChI=1S/C3H6N2O5S/c1-10-3(7)11(8,9)5-2(4)6/h1H3,(H3,4,5,6). The molecular formula is C3H6N2O5S. The van der Waals surface area contributed by atoms with Gasteiger partial charge in [-0.25, -0.2) is 14.3 Å². The van der Waals surface area contributed by atoms with Crippen LogP contribution in [0.3, 0.4) is 0 Å². The molecular weight excluding hydrogens is 176 g/mol. The second-order valence-corrected chi connectivity index (χ2v) is 2.97. The lowest BCUT2D eigenvalue weighted by atomic mass is 11.2. The molecule has 2 amide bonds. The number of ether oxygens (including phenoxy) is 1. The number of methoxy groups -OCH3 is 1. The Labute approximate surface area is 62.6 Å². The van der Waals surface area contributed by atoms with E-state index in [0.29, 0.717) is 0 Å². The van der Waals surface area contributed by atoms with Crippen molar-refractivity contribution >= 4 is 21.4 Å². The molecule has 64 valence electrons. The molecule has 0 saturated carbocycles. The molecule has 0 rings (SSSR count). The van der Waals surface area contributed by atoms with E-state index in [1.165, 1.54) is 4.72 Å². The minimum Gasteiger partial charge on any atom is -0.456 e. The summed E-state index contributed by atoms with van der Waals surface area (Å²) >= 11 is 0. The van der Waals surface area contributed by atoms with Gasteiger partial charge < -0.3 is 10.5 Å². The molecule has 0 heterocycles. The SMILES string of the molecule is COC(=O)S(=O)(=O)NC(N)=O. The monoisotopic (exact) mass is 182 g/mol. The summed E-state index contributed by atoms with van der Waals surface area (Å²) in [7, 11) is -3.53. The second-order valence-electron chi connectivity index (χ2n) is 1.42. The van der Waals surface area contributed by atoms with E-state index in [9.17, 15) is 18.0 Å². The number of nitrogens with one attached hydrogen (secondary N) is 1. The van der Waals surface area contributed by atoms with Crippen molar-refractivity contribution in [1.82, 2.24) is 4.72 Å². The van der Waals surface area contributed by atoms with Crippen LogP contribution in [-0.4, -0.2) is 26.9 Å². The van der Waals surface area contributed by atoms with Gasteiger partial charge in [0.05, 0.1) is 7.11 Å². The molecule has 0 fully saturated rings. The summed E-state index contributed by atoms with van der Waals surface area (Å²) in [5.74, 6) is 0. The molecule has 0 aliphatic heterocycles. The van der Waals surface area contributed by atoms with Crippen LogP contribution in [0.4, 0.5) is 9.59 Å². The van der Waals surface area contributed by atoms with Crippen LogP contribution in [0.5, 0.6) is 0 Å². The van der Waals surface area contributed by atoms with Crippen LogP contribution in [0.25, 0.3) is 0 Å². The number of hydrogen-bond donors (Lipinski definition) is 2. The van der Waals surface area contributed by atoms with Crippen LogP contribution in [-0.2, 0) is 14.8 Å². The van der Waals surface area contributed by atoms with Gasteiger partial charge in [-0.1, -0.05) is 0 Å². The number of carbonyl (C=O) groups is 2. The van der Waals surface area contributed by atoms with Gasteiger partial charge in [-0.15, -0.1) is 0 Å². The predicted octanol–water partition coefficient (Wildman–Crippen LogP) is -1.25. The number of hydrogen-bond acceptors (Lipinski definition) is 5. The first-order chi connectivity index (χ1) is 4.90. The summed E-state index contributed by atoms with van der Waals surface area (Å²) in [5, 5.41) is -1.56. The maximum Gasteiger partial charge on any atom is 0.444 e. The molecule has 0 spiro atoms. The minimum absolute atomic E-state index is 0.864. The fourth-order valence-electron chi connectivity index (χ4n) is 0.284. The lowest BCUT2D eigenvalue weighted by Gasteiger charge is -1.99. The summed E-state index contributed by atoms with van der Waals surface area (Å²) in [4.78, 5) is 20.2. The fraction of sp³-hybridized carbons (Fsp3) is 0.333. The highest BCUT2D eigenvalue weighted by atomic mass is 32.2. The van der Waals surface area contributed by atoms with Crippen molar-refractivity contribution in [3.05, 3.63) is 0 Å². The molecule has 0 atom stereocenters. The topological polar surface area (TPSA) is 116 Å². The van der Waals surface area contributed by atoms with E-state index in [4.69, 9.17) is 0 Å². The van der Waals surface area contributed by atoms with Crippen molar-refractivity contribution in [3.63, 3.8) is 0 Å². The van der Waals surface area contributed by atoms with E-state index in [1.807, 2.05) is 0 Å². The van der Waals surface area contributed by atoms with Gasteiger partial charge in [0, 0.05) is 0 Å². The zero-order chi connectivity index (χ0) is 9.07. The Hall–Kier alpha value is -1.31. The molecule has 0 aliphatic carbocycles. The average Bonchev–Trinajstić information content (AvgIpc) is 1.83. The number of primary amides is 1. The predicted molar refractivity (Wildman–Crippen MR) is 34.0 cm³/mol. The first kappa shape index (κ1) is 9.69. The van der Waals surface area contributed by atoms with E-state index in [1.54, 1.807) is 0 Å². The third-order valence-electron chi connectivity index (χ3n) is 0.621. The van der Waals surface area contributed by atoms with E-state index >= 15 is 0 Å². The van der Waals surface area contributed by atoms with Crippen LogP contribution in [0.1, 0.15) is 0 Å². The first-order valence-electron chi connectivity index (χ1n) is 2.30. The molecule has 11 heavy (non-hydrogen) atoms. The number of sulfonamides is 1. The Bertz CT molecular complexity index is 267. The average molecular weight is 182 g/mol. The van der Waals surface area contributed by atoms with Crippen molar-refractivity contribution in [3.8, 4) is 0 Å². The van der Waals surface area contributed by atoms with Crippen LogP contribution < -0.4 is 10.5 Å².